The number of pyridine rings is 1. The maximum absolute atomic E-state index is 11.8. The van der Waals surface area contributed by atoms with Gasteiger partial charge in [0.2, 0.25) is 0 Å². The maximum Gasteiger partial charge on any atom is 0.258 e. The van der Waals surface area contributed by atoms with Gasteiger partial charge in [0.15, 0.2) is 0 Å². The summed E-state index contributed by atoms with van der Waals surface area (Å²) in [5.41, 5.74) is 3.34. The molecule has 0 aliphatic heterocycles. The normalized spacial score (nSPS) is 10.2. The molecule has 0 saturated heterocycles. The Morgan fingerprint density at radius 3 is 2.55 bits per heavy atom. The molecule has 0 bridgehead atoms. The highest BCUT2D eigenvalue weighted by Crippen LogP contribution is 2.20. The fourth-order valence-electron chi connectivity index (χ4n) is 1.88. The number of aromatic nitrogens is 1. The van der Waals surface area contributed by atoms with Crippen LogP contribution in [0.25, 0.3) is 11.1 Å². The highest BCUT2D eigenvalue weighted by Gasteiger charge is 2.07. The van der Waals surface area contributed by atoms with Gasteiger partial charge in [-0.2, -0.15) is 0 Å². The van der Waals surface area contributed by atoms with Crippen molar-refractivity contribution in [3.8, 4) is 11.1 Å². The summed E-state index contributed by atoms with van der Waals surface area (Å²) in [5.74, 6) is -0.187. The van der Waals surface area contributed by atoms with E-state index in [2.05, 4.69) is 10.3 Å². The molecule has 4 nitrogen and oxygen atoms in total. The summed E-state index contributed by atoms with van der Waals surface area (Å²) in [7, 11) is 0. The Bertz CT molecular complexity index is 689. The minimum atomic E-state index is -0.187. The maximum atomic E-state index is 11.8. The fourth-order valence-corrected chi connectivity index (χ4v) is 1.88. The second-order valence-electron chi connectivity index (χ2n) is 4.29. The first-order chi connectivity index (χ1) is 9.83. The third-order valence-corrected chi connectivity index (χ3v) is 2.92. The number of hydrogen-bond donors (Lipinski definition) is 1. The second-order valence-corrected chi connectivity index (χ2v) is 4.29. The first-order valence-electron chi connectivity index (χ1n) is 6.17. The minimum Gasteiger partial charge on any atom is -0.472 e. The monoisotopic (exact) mass is 264 g/mol. The number of carbonyl (C=O) groups excluding carboxylic acids is 1. The van der Waals surface area contributed by atoms with Crippen LogP contribution in [0.1, 0.15) is 10.4 Å². The Balaban J connectivity index is 1.75. The predicted molar refractivity (Wildman–Crippen MR) is 76.3 cm³/mol. The van der Waals surface area contributed by atoms with Crippen LogP contribution in [0.15, 0.2) is 71.8 Å². The summed E-state index contributed by atoms with van der Waals surface area (Å²) in [5, 5.41) is 2.81. The molecule has 20 heavy (non-hydrogen) atoms. The van der Waals surface area contributed by atoms with Crippen molar-refractivity contribution in [1.29, 1.82) is 0 Å². The van der Waals surface area contributed by atoms with E-state index in [1.165, 1.54) is 12.5 Å². The standard InChI is InChI=1S/C16H12N2O2/c19-16(14-7-9-20-11-14)18-15-5-3-12(4-6-15)13-2-1-8-17-10-13/h1-11H,(H,18,19). The van der Waals surface area contributed by atoms with Crippen LogP contribution in [0.5, 0.6) is 0 Å². The number of nitrogens with zero attached hydrogens (tertiary/aromatic N) is 1. The quantitative estimate of drug-likeness (QED) is 0.786. The van der Waals surface area contributed by atoms with Crippen LogP contribution in [-0.4, -0.2) is 10.9 Å². The van der Waals surface area contributed by atoms with E-state index in [1.807, 2.05) is 36.4 Å². The van der Waals surface area contributed by atoms with Crippen LogP contribution in [0.2, 0.25) is 0 Å². The zero-order valence-corrected chi connectivity index (χ0v) is 10.6. The van der Waals surface area contributed by atoms with Crippen molar-refractivity contribution in [2.75, 3.05) is 5.32 Å². The lowest BCUT2D eigenvalue weighted by Crippen LogP contribution is -2.10. The molecule has 0 aliphatic rings. The SMILES string of the molecule is O=C(Nc1ccc(-c2cccnc2)cc1)c1ccoc1. The third-order valence-electron chi connectivity index (χ3n) is 2.92. The van der Waals surface area contributed by atoms with Gasteiger partial charge in [-0.25, -0.2) is 0 Å². The molecule has 2 aromatic heterocycles. The fraction of sp³-hybridized carbons (Fsp3) is 0. The number of amides is 1. The van der Waals surface area contributed by atoms with E-state index in [4.69, 9.17) is 4.42 Å². The lowest BCUT2D eigenvalue weighted by molar-refractivity contribution is 0.102. The zero-order valence-electron chi connectivity index (χ0n) is 10.6. The number of rotatable bonds is 3. The average molecular weight is 264 g/mol. The Morgan fingerprint density at radius 1 is 1.05 bits per heavy atom. The highest BCUT2D eigenvalue weighted by molar-refractivity contribution is 6.04. The average Bonchev–Trinajstić information content (AvgIpc) is 3.03. The first-order valence-corrected chi connectivity index (χ1v) is 6.17. The highest BCUT2D eigenvalue weighted by atomic mass is 16.3. The van der Waals surface area contributed by atoms with Gasteiger partial charge in [-0.05, 0) is 35.4 Å². The summed E-state index contributed by atoms with van der Waals surface area (Å²) in [6.45, 7) is 0. The molecule has 4 heteroatoms. The molecule has 3 rings (SSSR count). The van der Waals surface area contributed by atoms with Gasteiger partial charge in [-0.3, -0.25) is 9.78 Å². The van der Waals surface area contributed by atoms with E-state index in [-0.39, 0.29) is 5.91 Å². The number of anilines is 1. The lowest BCUT2D eigenvalue weighted by atomic mass is 10.1. The largest absolute Gasteiger partial charge is 0.472 e. The molecule has 98 valence electrons. The predicted octanol–water partition coefficient (Wildman–Crippen LogP) is 3.59. The Hall–Kier alpha value is -2.88. The van der Waals surface area contributed by atoms with E-state index < -0.39 is 0 Å². The van der Waals surface area contributed by atoms with Crippen molar-refractivity contribution in [2.24, 2.45) is 0 Å². The number of hydrogen-bond acceptors (Lipinski definition) is 3. The van der Waals surface area contributed by atoms with Gasteiger partial charge in [0, 0.05) is 18.1 Å². The molecule has 0 radical (unpaired) electrons. The second kappa shape index (κ2) is 5.40. The van der Waals surface area contributed by atoms with Gasteiger partial charge in [0.25, 0.3) is 5.91 Å². The number of carbonyl (C=O) groups is 1. The Kier molecular flexibility index (Phi) is 3.29. The van der Waals surface area contributed by atoms with Gasteiger partial charge in [-0.1, -0.05) is 18.2 Å². The first kappa shape index (κ1) is 12.2. The van der Waals surface area contributed by atoms with Gasteiger partial charge in [0.05, 0.1) is 11.8 Å². The van der Waals surface area contributed by atoms with Crippen molar-refractivity contribution in [3.63, 3.8) is 0 Å². The molecule has 1 amide bonds. The molecule has 0 aliphatic carbocycles. The molecule has 0 spiro atoms. The molecular formula is C16H12N2O2. The summed E-state index contributed by atoms with van der Waals surface area (Å²) >= 11 is 0. The molecule has 1 N–H and O–H groups in total. The van der Waals surface area contributed by atoms with E-state index in [0.29, 0.717) is 5.56 Å². The summed E-state index contributed by atoms with van der Waals surface area (Å²) in [6, 6.07) is 13.1. The van der Waals surface area contributed by atoms with E-state index in [1.54, 1.807) is 18.5 Å². The molecule has 1 aromatic carbocycles. The van der Waals surface area contributed by atoms with E-state index in [9.17, 15) is 4.79 Å². The Morgan fingerprint density at radius 2 is 1.90 bits per heavy atom. The lowest BCUT2D eigenvalue weighted by Gasteiger charge is -2.05. The van der Waals surface area contributed by atoms with Crippen molar-refractivity contribution in [2.45, 2.75) is 0 Å². The molecule has 0 saturated carbocycles. The van der Waals surface area contributed by atoms with Crippen LogP contribution >= 0.6 is 0 Å². The molecule has 0 atom stereocenters. The van der Waals surface area contributed by atoms with Crippen LogP contribution in [0.4, 0.5) is 5.69 Å². The van der Waals surface area contributed by atoms with Crippen LogP contribution in [-0.2, 0) is 0 Å². The van der Waals surface area contributed by atoms with Crippen molar-refractivity contribution in [3.05, 3.63) is 72.9 Å². The van der Waals surface area contributed by atoms with Gasteiger partial charge < -0.3 is 9.73 Å². The number of nitrogens with one attached hydrogen (secondary N) is 1. The van der Waals surface area contributed by atoms with Gasteiger partial charge in [-0.15, -0.1) is 0 Å². The van der Waals surface area contributed by atoms with Crippen molar-refractivity contribution < 1.29 is 9.21 Å². The molecule has 3 aromatic rings. The molecular weight excluding hydrogens is 252 g/mol. The smallest absolute Gasteiger partial charge is 0.258 e. The van der Waals surface area contributed by atoms with Crippen molar-refractivity contribution in [1.82, 2.24) is 4.98 Å². The third kappa shape index (κ3) is 2.59. The van der Waals surface area contributed by atoms with Crippen LogP contribution < -0.4 is 5.32 Å². The van der Waals surface area contributed by atoms with Crippen LogP contribution in [0, 0.1) is 0 Å². The topological polar surface area (TPSA) is 55.1 Å². The van der Waals surface area contributed by atoms with Gasteiger partial charge >= 0.3 is 0 Å². The Labute approximate surface area is 116 Å². The zero-order chi connectivity index (χ0) is 13.8. The number of furan rings is 1. The van der Waals surface area contributed by atoms with Crippen molar-refractivity contribution >= 4 is 11.6 Å². The number of benzene rings is 1. The van der Waals surface area contributed by atoms with Gasteiger partial charge in [0.1, 0.15) is 6.26 Å². The van der Waals surface area contributed by atoms with E-state index in [0.717, 1.165) is 16.8 Å². The minimum absolute atomic E-state index is 0.187. The summed E-state index contributed by atoms with van der Waals surface area (Å²) < 4.78 is 4.88. The van der Waals surface area contributed by atoms with E-state index >= 15 is 0 Å². The van der Waals surface area contributed by atoms with Crippen LogP contribution in [0.3, 0.4) is 0 Å². The molecule has 0 unspecified atom stereocenters. The summed E-state index contributed by atoms with van der Waals surface area (Å²) in [4.78, 5) is 15.9. The summed E-state index contributed by atoms with van der Waals surface area (Å²) in [6.07, 6.45) is 6.43. The molecule has 2 heterocycles. The molecule has 0 fully saturated rings.